The van der Waals surface area contributed by atoms with Gasteiger partial charge < -0.3 is 15.0 Å². The predicted molar refractivity (Wildman–Crippen MR) is 82.0 cm³/mol. The maximum absolute atomic E-state index is 13.2. The summed E-state index contributed by atoms with van der Waals surface area (Å²) in [5, 5.41) is 0. The Bertz CT molecular complexity index is 557. The summed E-state index contributed by atoms with van der Waals surface area (Å²) in [6, 6.07) is 1.73. The van der Waals surface area contributed by atoms with Crippen LogP contribution in [-0.4, -0.2) is 29.8 Å². The normalized spacial score (nSPS) is 20.9. The molecule has 1 fully saturated rings. The Balaban J connectivity index is 2.28. The average molecular weight is 292 g/mol. The number of hydrogen-bond donors (Lipinski definition) is 1. The van der Waals surface area contributed by atoms with E-state index in [1.807, 2.05) is 33.8 Å². The molecule has 2 heterocycles. The molecule has 0 bridgehead atoms. The van der Waals surface area contributed by atoms with Crippen LogP contribution < -0.4 is 5.73 Å². The summed E-state index contributed by atoms with van der Waals surface area (Å²) in [4.78, 5) is 3.72. The average Bonchev–Trinajstić information content (AvgIpc) is 2.59. The highest BCUT2D eigenvalue weighted by Crippen LogP contribution is 2.38. The molecule has 114 valence electrons. The Hall–Kier alpha value is -1.24. The van der Waals surface area contributed by atoms with Crippen LogP contribution in [0.1, 0.15) is 38.8 Å². The zero-order valence-corrected chi connectivity index (χ0v) is 13.2. The maximum Gasteiger partial charge on any atom is 0.491 e. The van der Waals surface area contributed by atoms with Crippen molar-refractivity contribution in [3.8, 4) is 0 Å². The molecule has 4 nitrogen and oxygen atoms in total. The molecule has 1 aliphatic rings. The fraction of sp³-hybridized carbons (Fsp3) is 0.533. The van der Waals surface area contributed by atoms with Crippen LogP contribution in [0.15, 0.2) is 17.7 Å². The van der Waals surface area contributed by atoms with Crippen molar-refractivity contribution in [3.63, 3.8) is 0 Å². The fourth-order valence-electron chi connectivity index (χ4n) is 2.09. The fourth-order valence-corrected chi connectivity index (χ4v) is 2.09. The highest BCUT2D eigenvalue weighted by Gasteiger charge is 2.52. The predicted octanol–water partition coefficient (Wildman–Crippen LogP) is 2.50. The van der Waals surface area contributed by atoms with E-state index in [2.05, 4.69) is 4.98 Å². The van der Waals surface area contributed by atoms with Crippen molar-refractivity contribution in [2.24, 2.45) is 5.73 Å². The Morgan fingerprint density at radius 1 is 1.33 bits per heavy atom. The lowest BCUT2D eigenvalue weighted by Gasteiger charge is -2.32. The molecule has 0 aliphatic carbocycles. The Morgan fingerprint density at radius 3 is 2.38 bits per heavy atom. The van der Waals surface area contributed by atoms with Gasteiger partial charge >= 0.3 is 7.12 Å². The number of nitrogens with two attached hydrogens (primary N) is 1. The van der Waals surface area contributed by atoms with Crippen LogP contribution in [0, 0.1) is 12.9 Å². The van der Waals surface area contributed by atoms with Gasteiger partial charge in [-0.1, -0.05) is 6.08 Å². The SMILES string of the molecule is Cc1cc(C=C(CN)B2OC(C)(C)C(C)(C)O2)cnc1F. The van der Waals surface area contributed by atoms with Gasteiger partial charge in [0.05, 0.1) is 11.2 Å². The van der Waals surface area contributed by atoms with Gasteiger partial charge in [0.1, 0.15) is 0 Å². The van der Waals surface area contributed by atoms with Gasteiger partial charge in [0.25, 0.3) is 0 Å². The van der Waals surface area contributed by atoms with Crippen LogP contribution in [0.5, 0.6) is 0 Å². The lowest BCUT2D eigenvalue weighted by molar-refractivity contribution is 0.00578. The lowest BCUT2D eigenvalue weighted by Crippen LogP contribution is -2.41. The van der Waals surface area contributed by atoms with Gasteiger partial charge in [-0.2, -0.15) is 4.39 Å². The molecule has 1 saturated heterocycles. The Kier molecular flexibility index (Phi) is 4.24. The number of nitrogens with zero attached hydrogens (tertiary/aromatic N) is 1. The monoisotopic (exact) mass is 292 g/mol. The quantitative estimate of drug-likeness (QED) is 0.687. The molecule has 0 spiro atoms. The molecule has 0 saturated carbocycles. The van der Waals surface area contributed by atoms with E-state index >= 15 is 0 Å². The summed E-state index contributed by atoms with van der Waals surface area (Å²) in [5.74, 6) is -0.461. The van der Waals surface area contributed by atoms with Gasteiger partial charge in [-0.05, 0) is 51.7 Å². The standard InChI is InChI=1S/C15H22BFN2O2/c1-10-6-11(9-19-13(10)17)7-12(8-18)16-20-14(2,3)15(4,5)21-16/h6-7,9H,8,18H2,1-5H3. The van der Waals surface area contributed by atoms with Crippen molar-refractivity contribution >= 4 is 13.2 Å². The molecule has 0 amide bonds. The molecule has 0 aromatic carbocycles. The molecule has 6 heteroatoms. The second-order valence-corrected chi connectivity index (χ2v) is 6.39. The zero-order chi connectivity index (χ0) is 15.8. The number of hydrogen-bond acceptors (Lipinski definition) is 4. The Labute approximate surface area is 125 Å². The van der Waals surface area contributed by atoms with Gasteiger partial charge in [0.15, 0.2) is 0 Å². The molecule has 2 N–H and O–H groups in total. The van der Waals surface area contributed by atoms with Crippen molar-refractivity contribution in [1.82, 2.24) is 4.98 Å². The molecular formula is C15H22BFN2O2. The molecule has 0 radical (unpaired) electrons. The largest absolute Gasteiger partial charge is 0.491 e. The molecular weight excluding hydrogens is 270 g/mol. The smallest absolute Gasteiger partial charge is 0.400 e. The minimum atomic E-state index is -0.495. The summed E-state index contributed by atoms with van der Waals surface area (Å²) in [6.07, 6.45) is 3.32. The van der Waals surface area contributed by atoms with Gasteiger partial charge in [0, 0.05) is 18.3 Å². The number of aryl methyl sites for hydroxylation is 1. The summed E-state index contributed by atoms with van der Waals surface area (Å²) in [7, 11) is -0.495. The van der Waals surface area contributed by atoms with Crippen LogP contribution >= 0.6 is 0 Å². The van der Waals surface area contributed by atoms with Crippen LogP contribution in [0.25, 0.3) is 6.08 Å². The van der Waals surface area contributed by atoms with Gasteiger partial charge in [-0.15, -0.1) is 0 Å². The summed E-state index contributed by atoms with van der Waals surface area (Å²) in [6.45, 7) is 9.94. The minimum Gasteiger partial charge on any atom is -0.400 e. The third-order valence-electron chi connectivity index (χ3n) is 4.18. The van der Waals surface area contributed by atoms with Crippen molar-refractivity contribution < 1.29 is 13.7 Å². The van der Waals surface area contributed by atoms with Crippen LogP contribution in [-0.2, 0) is 9.31 Å². The number of pyridine rings is 1. The van der Waals surface area contributed by atoms with E-state index in [4.69, 9.17) is 15.0 Å². The molecule has 1 aromatic heterocycles. The molecule has 0 unspecified atom stereocenters. The summed E-state index contributed by atoms with van der Waals surface area (Å²) in [5.41, 5.74) is 7.08. The molecule has 1 aliphatic heterocycles. The Morgan fingerprint density at radius 2 is 1.90 bits per heavy atom. The van der Waals surface area contributed by atoms with E-state index in [0.29, 0.717) is 12.1 Å². The van der Waals surface area contributed by atoms with Crippen molar-refractivity contribution in [2.45, 2.75) is 45.8 Å². The molecule has 0 atom stereocenters. The summed E-state index contributed by atoms with van der Waals surface area (Å²) < 4.78 is 25.2. The van der Waals surface area contributed by atoms with Crippen LogP contribution in [0.3, 0.4) is 0 Å². The minimum absolute atomic E-state index is 0.299. The second-order valence-electron chi connectivity index (χ2n) is 6.39. The second kappa shape index (κ2) is 5.52. The van der Waals surface area contributed by atoms with E-state index in [1.165, 1.54) is 6.20 Å². The van der Waals surface area contributed by atoms with Gasteiger partial charge in [0.2, 0.25) is 5.95 Å². The first-order valence-corrected chi connectivity index (χ1v) is 7.04. The number of rotatable bonds is 3. The first-order valence-electron chi connectivity index (χ1n) is 7.04. The van der Waals surface area contributed by atoms with E-state index in [1.54, 1.807) is 13.0 Å². The third-order valence-corrected chi connectivity index (χ3v) is 4.18. The number of halogens is 1. The highest BCUT2D eigenvalue weighted by atomic mass is 19.1. The van der Waals surface area contributed by atoms with Crippen molar-refractivity contribution in [3.05, 3.63) is 34.8 Å². The third kappa shape index (κ3) is 3.17. The van der Waals surface area contributed by atoms with Crippen molar-refractivity contribution in [2.75, 3.05) is 6.54 Å². The van der Waals surface area contributed by atoms with Crippen molar-refractivity contribution in [1.29, 1.82) is 0 Å². The number of aromatic nitrogens is 1. The molecule has 2 rings (SSSR count). The van der Waals surface area contributed by atoms with E-state index < -0.39 is 24.3 Å². The summed E-state index contributed by atoms with van der Waals surface area (Å²) >= 11 is 0. The lowest BCUT2D eigenvalue weighted by atomic mass is 9.77. The highest BCUT2D eigenvalue weighted by molar-refractivity contribution is 6.55. The first kappa shape index (κ1) is 16.1. The van der Waals surface area contributed by atoms with Gasteiger partial charge in [-0.3, -0.25) is 0 Å². The van der Waals surface area contributed by atoms with E-state index in [9.17, 15) is 4.39 Å². The zero-order valence-electron chi connectivity index (χ0n) is 13.2. The molecule has 21 heavy (non-hydrogen) atoms. The molecule has 1 aromatic rings. The van der Waals surface area contributed by atoms with Gasteiger partial charge in [-0.25, -0.2) is 4.98 Å². The van der Waals surface area contributed by atoms with Crippen LogP contribution in [0.2, 0.25) is 0 Å². The van der Waals surface area contributed by atoms with E-state index in [-0.39, 0.29) is 0 Å². The first-order chi connectivity index (χ1) is 9.66. The van der Waals surface area contributed by atoms with E-state index in [0.717, 1.165) is 11.0 Å². The topological polar surface area (TPSA) is 57.4 Å². The maximum atomic E-state index is 13.2. The van der Waals surface area contributed by atoms with Crippen LogP contribution in [0.4, 0.5) is 4.39 Å².